The summed E-state index contributed by atoms with van der Waals surface area (Å²) in [5, 5.41) is 1.39. The molecule has 0 bridgehead atoms. The van der Waals surface area contributed by atoms with Crippen molar-refractivity contribution in [3.05, 3.63) is 48.0 Å². The number of sulfonamides is 2. The first-order valence-corrected chi connectivity index (χ1v) is 11.2. The highest BCUT2D eigenvalue weighted by Crippen LogP contribution is 2.31. The van der Waals surface area contributed by atoms with Gasteiger partial charge in [-0.15, -0.1) is 0 Å². The monoisotopic (exact) mass is 395 g/mol. The number of aryl methyl sites for hydroxylation is 1. The van der Waals surface area contributed by atoms with Gasteiger partial charge in [0.25, 0.3) is 0 Å². The highest BCUT2D eigenvalue weighted by molar-refractivity contribution is 7.92. The van der Waals surface area contributed by atoms with Crippen molar-refractivity contribution in [1.29, 1.82) is 0 Å². The van der Waals surface area contributed by atoms with Crippen LogP contribution in [0.4, 0.5) is 0 Å². The van der Waals surface area contributed by atoms with Crippen LogP contribution in [-0.2, 0) is 20.0 Å². The minimum Gasteiger partial charge on any atom is -0.256 e. The van der Waals surface area contributed by atoms with E-state index in [4.69, 9.17) is 0 Å². The van der Waals surface area contributed by atoms with Crippen LogP contribution in [-0.4, -0.2) is 45.3 Å². The Bertz CT molecular complexity index is 1050. The minimum absolute atomic E-state index is 0.0234. The van der Waals surface area contributed by atoms with E-state index in [2.05, 4.69) is 16.3 Å². The van der Waals surface area contributed by atoms with Crippen molar-refractivity contribution in [3.8, 4) is 0 Å². The molecule has 0 saturated carbocycles. The van der Waals surface area contributed by atoms with Crippen LogP contribution < -0.4 is 4.72 Å². The summed E-state index contributed by atoms with van der Waals surface area (Å²) in [5.74, 6) is 0. The molecule has 1 N–H and O–H groups in total. The van der Waals surface area contributed by atoms with Crippen molar-refractivity contribution in [2.24, 2.45) is 0 Å². The quantitative estimate of drug-likeness (QED) is 0.804. The maximum absolute atomic E-state index is 13.3. The Hall–Kier alpha value is -1.81. The van der Waals surface area contributed by atoms with E-state index in [0.717, 1.165) is 11.0 Å². The molecular weight excluding hydrogens is 374 g/mol. The summed E-state index contributed by atoms with van der Waals surface area (Å²) >= 11 is 0. The van der Waals surface area contributed by atoms with Gasteiger partial charge in [0.2, 0.25) is 20.0 Å². The molecule has 0 unspecified atom stereocenters. The van der Waals surface area contributed by atoms with Crippen LogP contribution in [0.5, 0.6) is 0 Å². The lowest BCUT2D eigenvalue weighted by molar-refractivity contribution is 0.385. The number of rotatable bonds is 6. The summed E-state index contributed by atoms with van der Waals surface area (Å²) in [6.45, 7) is 5.51. The summed E-state index contributed by atoms with van der Waals surface area (Å²) in [4.78, 5) is 4.49. The molecule has 1 aliphatic heterocycles. The molecule has 1 aliphatic rings. The number of fused-ring (bicyclic) bond motifs is 1. The molecule has 140 valence electrons. The third-order valence-corrected chi connectivity index (χ3v) is 7.60. The lowest BCUT2D eigenvalue weighted by atomic mass is 10.1. The van der Waals surface area contributed by atoms with Crippen LogP contribution in [0, 0.1) is 6.92 Å². The van der Waals surface area contributed by atoms with Crippen molar-refractivity contribution in [2.75, 3.05) is 13.1 Å². The molecule has 9 heteroatoms. The molecule has 0 amide bonds. The predicted molar refractivity (Wildman–Crippen MR) is 101 cm³/mol. The van der Waals surface area contributed by atoms with E-state index in [1.165, 1.54) is 4.31 Å². The fourth-order valence-corrected chi connectivity index (χ4v) is 5.66. The van der Waals surface area contributed by atoms with E-state index < -0.39 is 26.1 Å². The number of hydrogen-bond acceptors (Lipinski definition) is 5. The molecule has 7 nitrogen and oxygen atoms in total. The van der Waals surface area contributed by atoms with Gasteiger partial charge in [-0.1, -0.05) is 12.6 Å². The van der Waals surface area contributed by atoms with Crippen molar-refractivity contribution in [1.82, 2.24) is 14.0 Å². The number of nitrogens with zero attached hydrogens (tertiary/aromatic N) is 2. The van der Waals surface area contributed by atoms with Gasteiger partial charge in [0.1, 0.15) is 0 Å². The molecule has 2 heterocycles. The normalized spacial score (nSPS) is 19.0. The lowest BCUT2D eigenvalue weighted by Crippen LogP contribution is -2.42. The number of hydrogen-bond donors (Lipinski definition) is 1. The van der Waals surface area contributed by atoms with Crippen LogP contribution in [0.25, 0.3) is 10.9 Å². The van der Waals surface area contributed by atoms with Crippen molar-refractivity contribution in [2.45, 2.75) is 30.7 Å². The Morgan fingerprint density at radius 3 is 2.81 bits per heavy atom. The van der Waals surface area contributed by atoms with E-state index in [-0.39, 0.29) is 11.4 Å². The van der Waals surface area contributed by atoms with Gasteiger partial charge in [-0.2, -0.15) is 4.31 Å². The van der Waals surface area contributed by atoms with E-state index in [9.17, 15) is 16.8 Å². The summed E-state index contributed by atoms with van der Waals surface area (Å²) < 4.78 is 53.5. The molecular formula is C17H21N3O4S2. The van der Waals surface area contributed by atoms with Crippen LogP contribution in [0.3, 0.4) is 0 Å². The second kappa shape index (κ2) is 7.07. The average molecular weight is 396 g/mol. The average Bonchev–Trinajstić information content (AvgIpc) is 3.10. The molecule has 1 atom stereocenters. The molecule has 0 aliphatic carbocycles. The first-order chi connectivity index (χ1) is 12.3. The van der Waals surface area contributed by atoms with Crippen molar-refractivity contribution >= 4 is 30.9 Å². The van der Waals surface area contributed by atoms with Gasteiger partial charge in [-0.05, 0) is 43.5 Å². The van der Waals surface area contributed by atoms with Crippen LogP contribution in [0.2, 0.25) is 0 Å². The van der Waals surface area contributed by atoms with Gasteiger partial charge < -0.3 is 0 Å². The largest absolute Gasteiger partial charge is 0.256 e. The van der Waals surface area contributed by atoms with Gasteiger partial charge in [0.05, 0.1) is 10.4 Å². The third-order valence-electron chi connectivity index (χ3n) is 4.58. The Balaban J connectivity index is 1.97. The molecule has 1 aromatic carbocycles. The van der Waals surface area contributed by atoms with Gasteiger partial charge in [0.15, 0.2) is 0 Å². The molecule has 0 spiro atoms. The molecule has 1 saturated heterocycles. The highest BCUT2D eigenvalue weighted by atomic mass is 32.2. The van der Waals surface area contributed by atoms with E-state index in [1.54, 1.807) is 30.5 Å². The zero-order valence-corrected chi connectivity index (χ0v) is 16.1. The summed E-state index contributed by atoms with van der Waals surface area (Å²) in [5.41, 5.74) is 1.55. The smallest absolute Gasteiger partial charge is 0.244 e. The zero-order valence-electron chi connectivity index (χ0n) is 14.4. The molecule has 0 radical (unpaired) electrons. The van der Waals surface area contributed by atoms with E-state index in [0.29, 0.717) is 30.3 Å². The molecule has 3 rings (SSSR count). The highest BCUT2D eigenvalue weighted by Gasteiger charge is 2.36. The Morgan fingerprint density at radius 2 is 2.08 bits per heavy atom. The molecule has 2 aromatic rings. The fourth-order valence-electron chi connectivity index (χ4n) is 3.24. The molecule has 26 heavy (non-hydrogen) atoms. The summed E-state index contributed by atoms with van der Waals surface area (Å²) in [7, 11) is -7.37. The number of benzene rings is 1. The Morgan fingerprint density at radius 1 is 1.31 bits per heavy atom. The second-order valence-electron chi connectivity index (χ2n) is 6.25. The first-order valence-electron chi connectivity index (χ1n) is 8.24. The Kier molecular flexibility index (Phi) is 5.16. The van der Waals surface area contributed by atoms with E-state index >= 15 is 0 Å². The molecule has 1 aromatic heterocycles. The number of nitrogens with one attached hydrogen (secondary N) is 1. The van der Waals surface area contributed by atoms with Gasteiger partial charge >= 0.3 is 0 Å². The van der Waals surface area contributed by atoms with Crippen LogP contribution in [0.1, 0.15) is 18.4 Å². The maximum atomic E-state index is 13.3. The van der Waals surface area contributed by atoms with Crippen molar-refractivity contribution < 1.29 is 16.8 Å². The van der Waals surface area contributed by atoms with Crippen LogP contribution in [0.15, 0.2) is 47.3 Å². The number of pyridine rings is 1. The van der Waals surface area contributed by atoms with Crippen molar-refractivity contribution in [3.63, 3.8) is 0 Å². The summed E-state index contributed by atoms with van der Waals surface area (Å²) in [6.07, 6.45) is 2.91. The Labute approximate surface area is 153 Å². The summed E-state index contributed by atoms with van der Waals surface area (Å²) in [6, 6.07) is 6.36. The standard InChI is InChI=1S/C17H21N3O4S2/c1-3-25(21,22)19-12-14-6-5-11-20(14)26(23,24)16-9-8-13(2)17-15(16)7-4-10-18-17/h3-4,7-10,14,19H,1,5-6,11-12H2,2H3/t14-/m0/s1. The topological polar surface area (TPSA) is 96.4 Å². The lowest BCUT2D eigenvalue weighted by Gasteiger charge is -2.25. The predicted octanol–water partition coefficient (Wildman–Crippen LogP) is 1.76. The van der Waals surface area contributed by atoms with Crippen LogP contribution >= 0.6 is 0 Å². The second-order valence-corrected chi connectivity index (χ2v) is 9.82. The first kappa shape index (κ1) is 19.0. The maximum Gasteiger partial charge on any atom is 0.244 e. The zero-order chi connectivity index (χ0) is 18.9. The van der Waals surface area contributed by atoms with E-state index in [1.807, 2.05) is 6.92 Å². The number of aromatic nitrogens is 1. The van der Waals surface area contributed by atoms with Gasteiger partial charge in [-0.25, -0.2) is 21.6 Å². The van der Waals surface area contributed by atoms with Gasteiger partial charge in [0, 0.05) is 36.1 Å². The fraction of sp³-hybridized carbons (Fsp3) is 0.353. The third kappa shape index (κ3) is 3.52. The minimum atomic E-state index is -3.77. The SMILES string of the molecule is C=CS(=O)(=O)NC[C@@H]1CCCN1S(=O)(=O)c1ccc(C)c2ncccc12. The molecule has 1 fully saturated rings. The van der Waals surface area contributed by atoms with Gasteiger partial charge in [-0.3, -0.25) is 4.98 Å².